The molecule has 3 nitrogen and oxygen atoms in total. The van der Waals surface area contributed by atoms with Crippen LogP contribution in [0, 0.1) is 11.6 Å². The zero-order chi connectivity index (χ0) is 14.4. The van der Waals surface area contributed by atoms with Crippen LogP contribution in [0.4, 0.5) is 8.78 Å². The fourth-order valence-corrected chi connectivity index (χ4v) is 1.75. The van der Waals surface area contributed by atoms with Gasteiger partial charge >= 0.3 is 5.97 Å². The van der Waals surface area contributed by atoms with Gasteiger partial charge < -0.3 is 4.74 Å². The summed E-state index contributed by atoms with van der Waals surface area (Å²) < 4.78 is 31.5. The van der Waals surface area contributed by atoms with Gasteiger partial charge in [0.05, 0.1) is 6.61 Å². The van der Waals surface area contributed by atoms with E-state index in [1.807, 2.05) is 12.1 Å². The van der Waals surface area contributed by atoms with E-state index < -0.39 is 23.2 Å². The molecule has 2 rings (SSSR count). The molecule has 0 aliphatic rings. The maximum Gasteiger partial charge on any atom is 0.344 e. The smallest absolute Gasteiger partial charge is 0.344 e. The van der Waals surface area contributed by atoms with Gasteiger partial charge in [-0.05, 0) is 36.6 Å². The number of esters is 1. The zero-order valence-corrected chi connectivity index (χ0v) is 10.7. The van der Waals surface area contributed by atoms with Crippen LogP contribution in [0.25, 0.3) is 0 Å². The number of aromatic nitrogens is 1. The zero-order valence-electron chi connectivity index (χ0n) is 10.7. The topological polar surface area (TPSA) is 39.2 Å². The fourth-order valence-electron chi connectivity index (χ4n) is 1.75. The first-order valence-electron chi connectivity index (χ1n) is 6.18. The van der Waals surface area contributed by atoms with Crippen molar-refractivity contribution < 1.29 is 18.3 Å². The molecule has 1 aromatic heterocycles. The molecule has 2 aromatic rings. The highest BCUT2D eigenvalue weighted by Crippen LogP contribution is 2.13. The standard InChI is InChI=1S/C15H13F2NO2/c16-12-6-1-7-13(17)14(12)15(19)20-9-3-5-11-4-2-8-18-10-11/h1-2,4,6-8,10H,3,5,9H2. The van der Waals surface area contributed by atoms with Crippen molar-refractivity contribution in [3.8, 4) is 0 Å². The van der Waals surface area contributed by atoms with Crippen LogP contribution in [-0.2, 0) is 11.2 Å². The number of hydrogen-bond acceptors (Lipinski definition) is 3. The maximum atomic E-state index is 13.3. The summed E-state index contributed by atoms with van der Waals surface area (Å²) in [5, 5.41) is 0. The minimum atomic E-state index is -0.980. The molecule has 20 heavy (non-hydrogen) atoms. The Labute approximate surface area is 115 Å². The van der Waals surface area contributed by atoms with E-state index in [9.17, 15) is 13.6 Å². The van der Waals surface area contributed by atoms with Gasteiger partial charge in [-0.15, -0.1) is 0 Å². The van der Waals surface area contributed by atoms with Gasteiger partial charge in [0.25, 0.3) is 0 Å². The molecule has 0 aliphatic heterocycles. The van der Waals surface area contributed by atoms with Crippen molar-refractivity contribution in [2.24, 2.45) is 0 Å². The molecule has 0 spiro atoms. The Bertz CT molecular complexity index is 567. The Morgan fingerprint density at radius 2 is 1.90 bits per heavy atom. The van der Waals surface area contributed by atoms with Crippen LogP contribution in [0.2, 0.25) is 0 Å². The van der Waals surface area contributed by atoms with Crippen LogP contribution in [0.3, 0.4) is 0 Å². The summed E-state index contributed by atoms with van der Waals surface area (Å²) in [5.41, 5.74) is 0.370. The van der Waals surface area contributed by atoms with E-state index in [-0.39, 0.29) is 6.61 Å². The number of halogens is 2. The molecule has 0 N–H and O–H groups in total. The average Bonchev–Trinajstić information content (AvgIpc) is 2.44. The van der Waals surface area contributed by atoms with E-state index in [1.165, 1.54) is 6.07 Å². The summed E-state index contributed by atoms with van der Waals surface area (Å²) in [4.78, 5) is 15.5. The number of ether oxygens (including phenoxy) is 1. The van der Waals surface area contributed by atoms with Gasteiger partial charge in [0.2, 0.25) is 0 Å². The second kappa shape index (κ2) is 6.75. The number of carbonyl (C=O) groups excluding carboxylic acids is 1. The third-order valence-electron chi connectivity index (χ3n) is 2.73. The van der Waals surface area contributed by atoms with E-state index in [0.717, 1.165) is 17.7 Å². The highest BCUT2D eigenvalue weighted by molar-refractivity contribution is 5.89. The number of aryl methyl sites for hydroxylation is 1. The van der Waals surface area contributed by atoms with Gasteiger partial charge in [0.15, 0.2) is 0 Å². The SMILES string of the molecule is O=C(OCCCc1cccnc1)c1c(F)cccc1F. The third kappa shape index (κ3) is 3.60. The fraction of sp³-hybridized carbons (Fsp3) is 0.200. The van der Waals surface area contributed by atoms with E-state index in [4.69, 9.17) is 4.74 Å². The Balaban J connectivity index is 1.84. The highest BCUT2D eigenvalue weighted by atomic mass is 19.1. The molecule has 0 bridgehead atoms. The second-order valence-electron chi connectivity index (χ2n) is 4.20. The Hall–Kier alpha value is -2.30. The van der Waals surface area contributed by atoms with Crippen molar-refractivity contribution in [3.05, 3.63) is 65.5 Å². The lowest BCUT2D eigenvalue weighted by Crippen LogP contribution is -2.11. The molecule has 0 radical (unpaired) electrons. The monoisotopic (exact) mass is 277 g/mol. The van der Waals surface area contributed by atoms with Gasteiger partial charge in [0, 0.05) is 12.4 Å². The summed E-state index contributed by atoms with van der Waals surface area (Å²) in [7, 11) is 0. The molecule has 0 aliphatic carbocycles. The number of rotatable bonds is 5. The van der Waals surface area contributed by atoms with Gasteiger partial charge in [-0.3, -0.25) is 4.98 Å². The number of hydrogen-bond donors (Lipinski definition) is 0. The van der Waals surface area contributed by atoms with E-state index in [1.54, 1.807) is 12.4 Å². The molecule has 0 atom stereocenters. The molecule has 0 saturated heterocycles. The van der Waals surface area contributed by atoms with Crippen molar-refractivity contribution in [2.45, 2.75) is 12.8 Å². The Kier molecular flexibility index (Phi) is 4.76. The second-order valence-corrected chi connectivity index (χ2v) is 4.20. The summed E-state index contributed by atoms with van der Waals surface area (Å²) in [6.07, 6.45) is 4.64. The largest absolute Gasteiger partial charge is 0.462 e. The molecule has 0 saturated carbocycles. The Morgan fingerprint density at radius 3 is 2.55 bits per heavy atom. The molecular weight excluding hydrogens is 264 g/mol. The third-order valence-corrected chi connectivity index (χ3v) is 2.73. The predicted octanol–water partition coefficient (Wildman–Crippen LogP) is 3.15. The van der Waals surface area contributed by atoms with Crippen LogP contribution >= 0.6 is 0 Å². The molecule has 0 amide bonds. The highest BCUT2D eigenvalue weighted by Gasteiger charge is 2.18. The number of benzene rings is 1. The molecule has 1 heterocycles. The van der Waals surface area contributed by atoms with E-state index >= 15 is 0 Å². The number of pyridine rings is 1. The lowest BCUT2D eigenvalue weighted by atomic mass is 10.2. The summed E-state index contributed by atoms with van der Waals surface area (Å²) in [5.74, 6) is -2.81. The van der Waals surface area contributed by atoms with Gasteiger partial charge in [-0.25, -0.2) is 13.6 Å². The van der Waals surface area contributed by atoms with Crippen molar-refractivity contribution in [1.82, 2.24) is 4.98 Å². The minimum absolute atomic E-state index is 0.0987. The normalized spacial score (nSPS) is 10.3. The first-order chi connectivity index (χ1) is 9.68. The van der Waals surface area contributed by atoms with E-state index in [2.05, 4.69) is 4.98 Å². The Morgan fingerprint density at radius 1 is 1.15 bits per heavy atom. The molecule has 0 fully saturated rings. The first-order valence-corrected chi connectivity index (χ1v) is 6.18. The van der Waals surface area contributed by atoms with Gasteiger partial charge in [0.1, 0.15) is 17.2 Å². The lowest BCUT2D eigenvalue weighted by molar-refractivity contribution is 0.0489. The molecule has 1 aromatic carbocycles. The van der Waals surface area contributed by atoms with Crippen LogP contribution in [0.5, 0.6) is 0 Å². The summed E-state index contributed by atoms with van der Waals surface area (Å²) >= 11 is 0. The summed E-state index contributed by atoms with van der Waals surface area (Å²) in [6.45, 7) is 0.0987. The van der Waals surface area contributed by atoms with Crippen LogP contribution in [0.15, 0.2) is 42.7 Å². The maximum absolute atomic E-state index is 13.3. The van der Waals surface area contributed by atoms with Gasteiger partial charge in [-0.1, -0.05) is 12.1 Å². The molecule has 104 valence electrons. The van der Waals surface area contributed by atoms with Crippen LogP contribution < -0.4 is 0 Å². The van der Waals surface area contributed by atoms with Crippen LogP contribution in [0.1, 0.15) is 22.3 Å². The van der Waals surface area contributed by atoms with Gasteiger partial charge in [-0.2, -0.15) is 0 Å². The van der Waals surface area contributed by atoms with Crippen molar-refractivity contribution >= 4 is 5.97 Å². The number of carbonyl (C=O) groups is 1. The minimum Gasteiger partial charge on any atom is -0.462 e. The first kappa shape index (κ1) is 14.1. The van der Waals surface area contributed by atoms with E-state index in [0.29, 0.717) is 12.8 Å². The molecule has 0 unspecified atom stereocenters. The predicted molar refractivity (Wildman–Crippen MR) is 69.2 cm³/mol. The lowest BCUT2D eigenvalue weighted by Gasteiger charge is -2.06. The van der Waals surface area contributed by atoms with Crippen molar-refractivity contribution in [2.75, 3.05) is 6.61 Å². The van der Waals surface area contributed by atoms with Crippen LogP contribution in [-0.4, -0.2) is 17.6 Å². The molecule has 5 heteroatoms. The average molecular weight is 277 g/mol. The number of nitrogens with zero attached hydrogens (tertiary/aromatic N) is 1. The summed E-state index contributed by atoms with van der Waals surface area (Å²) in [6, 6.07) is 6.97. The molecular formula is C15H13F2NO2. The quantitative estimate of drug-likeness (QED) is 0.622. The van der Waals surface area contributed by atoms with Crippen molar-refractivity contribution in [1.29, 1.82) is 0 Å². The van der Waals surface area contributed by atoms with Crippen molar-refractivity contribution in [3.63, 3.8) is 0 Å².